The maximum atomic E-state index is 11.2. The first-order valence-corrected chi connectivity index (χ1v) is 6.97. The van der Waals surface area contributed by atoms with Gasteiger partial charge in [0.1, 0.15) is 12.1 Å². The van der Waals surface area contributed by atoms with Crippen molar-refractivity contribution < 1.29 is 4.79 Å². The highest BCUT2D eigenvalue weighted by molar-refractivity contribution is 5.88. The van der Waals surface area contributed by atoms with Crippen molar-refractivity contribution in [2.45, 2.75) is 20.4 Å². The van der Waals surface area contributed by atoms with Gasteiger partial charge in [0.15, 0.2) is 5.82 Å². The van der Waals surface area contributed by atoms with E-state index in [-0.39, 0.29) is 5.91 Å². The number of carbonyl (C=O) groups is 1. The Morgan fingerprint density at radius 3 is 2.86 bits per heavy atom. The summed E-state index contributed by atoms with van der Waals surface area (Å²) in [6.45, 7) is 4.36. The Balaban J connectivity index is 2.02. The first-order valence-electron chi connectivity index (χ1n) is 6.97. The largest absolute Gasteiger partial charge is 0.347 e. The van der Waals surface area contributed by atoms with Crippen molar-refractivity contribution in [1.29, 1.82) is 0 Å². The summed E-state index contributed by atoms with van der Waals surface area (Å²) >= 11 is 0. The molecule has 1 amide bonds. The minimum atomic E-state index is -0.141. The van der Waals surface area contributed by atoms with Crippen LogP contribution in [0.4, 0.5) is 5.82 Å². The smallest absolute Gasteiger partial charge is 0.222 e. The topological polar surface area (TPSA) is 88.5 Å². The second kappa shape index (κ2) is 5.80. The van der Waals surface area contributed by atoms with E-state index < -0.39 is 0 Å². The molecular formula is C15H16N6O. The van der Waals surface area contributed by atoms with Gasteiger partial charge in [-0.2, -0.15) is 5.10 Å². The predicted molar refractivity (Wildman–Crippen MR) is 83.0 cm³/mol. The van der Waals surface area contributed by atoms with Crippen LogP contribution in [0.2, 0.25) is 0 Å². The highest BCUT2D eigenvalue weighted by atomic mass is 16.1. The minimum absolute atomic E-state index is 0.141. The van der Waals surface area contributed by atoms with Crippen molar-refractivity contribution in [3.63, 3.8) is 0 Å². The molecule has 3 rings (SSSR count). The molecule has 0 atom stereocenters. The van der Waals surface area contributed by atoms with E-state index in [0.717, 1.165) is 29.2 Å². The molecule has 0 saturated carbocycles. The van der Waals surface area contributed by atoms with E-state index in [0.29, 0.717) is 5.82 Å². The molecule has 7 nitrogen and oxygen atoms in total. The number of nitrogens with zero attached hydrogens (tertiary/aromatic N) is 4. The zero-order chi connectivity index (χ0) is 15.5. The quantitative estimate of drug-likeness (QED) is 0.773. The van der Waals surface area contributed by atoms with Crippen LogP contribution in [0.15, 0.2) is 36.9 Å². The molecule has 0 fully saturated rings. The van der Waals surface area contributed by atoms with E-state index in [2.05, 4.69) is 37.0 Å². The number of carbonyl (C=O) groups excluding carboxylic acids is 1. The number of amides is 1. The van der Waals surface area contributed by atoms with E-state index in [1.807, 2.05) is 24.4 Å². The summed E-state index contributed by atoms with van der Waals surface area (Å²) in [5, 5.41) is 9.44. The average molecular weight is 296 g/mol. The van der Waals surface area contributed by atoms with Gasteiger partial charge in [0.05, 0.1) is 0 Å². The van der Waals surface area contributed by atoms with E-state index in [4.69, 9.17) is 0 Å². The number of aromatic nitrogens is 5. The van der Waals surface area contributed by atoms with Crippen LogP contribution in [0, 0.1) is 0 Å². The average Bonchev–Trinajstić information content (AvgIpc) is 3.16. The van der Waals surface area contributed by atoms with Gasteiger partial charge in [0.2, 0.25) is 5.91 Å². The molecule has 3 heterocycles. The van der Waals surface area contributed by atoms with Crippen molar-refractivity contribution in [2.75, 3.05) is 5.32 Å². The summed E-state index contributed by atoms with van der Waals surface area (Å²) in [4.78, 5) is 19.5. The number of H-pyrrole nitrogens is 1. The number of anilines is 1. The van der Waals surface area contributed by atoms with Crippen LogP contribution >= 0.6 is 0 Å². The molecule has 0 aliphatic heterocycles. The highest BCUT2D eigenvalue weighted by Crippen LogP contribution is 2.27. The zero-order valence-corrected chi connectivity index (χ0v) is 12.4. The van der Waals surface area contributed by atoms with Crippen LogP contribution in [0.25, 0.3) is 22.6 Å². The Kier molecular flexibility index (Phi) is 3.69. The molecule has 22 heavy (non-hydrogen) atoms. The SMILES string of the molecule is CCn1cc(-c2ncn[nH]2)cc1-c1ccnc(NC(C)=O)c1. The van der Waals surface area contributed by atoms with E-state index in [1.165, 1.54) is 13.3 Å². The maximum absolute atomic E-state index is 11.2. The summed E-state index contributed by atoms with van der Waals surface area (Å²) in [6.07, 6.45) is 5.19. The van der Waals surface area contributed by atoms with Gasteiger partial charge in [-0.25, -0.2) is 9.97 Å². The summed E-state index contributed by atoms with van der Waals surface area (Å²) in [6, 6.07) is 5.81. The number of nitrogens with one attached hydrogen (secondary N) is 2. The zero-order valence-electron chi connectivity index (χ0n) is 12.4. The molecular weight excluding hydrogens is 280 g/mol. The molecule has 3 aromatic rings. The molecule has 0 aromatic carbocycles. The third-order valence-corrected chi connectivity index (χ3v) is 3.29. The Morgan fingerprint density at radius 1 is 1.32 bits per heavy atom. The van der Waals surface area contributed by atoms with Gasteiger partial charge in [-0.1, -0.05) is 0 Å². The number of hydrogen-bond donors (Lipinski definition) is 2. The summed E-state index contributed by atoms with van der Waals surface area (Å²) in [5.41, 5.74) is 2.97. The van der Waals surface area contributed by atoms with Crippen molar-refractivity contribution in [3.05, 3.63) is 36.9 Å². The lowest BCUT2D eigenvalue weighted by molar-refractivity contribution is -0.114. The number of pyridine rings is 1. The summed E-state index contributed by atoms with van der Waals surface area (Å²) in [5.74, 6) is 1.12. The molecule has 3 aromatic heterocycles. The molecule has 0 bridgehead atoms. The first-order chi connectivity index (χ1) is 10.7. The Bertz CT molecular complexity index is 790. The molecule has 0 spiro atoms. The molecule has 2 N–H and O–H groups in total. The number of rotatable bonds is 4. The van der Waals surface area contributed by atoms with Gasteiger partial charge in [-0.05, 0) is 25.1 Å². The van der Waals surface area contributed by atoms with Crippen LogP contribution in [-0.2, 0) is 11.3 Å². The third kappa shape index (κ3) is 2.73. The van der Waals surface area contributed by atoms with Crippen molar-refractivity contribution in [2.24, 2.45) is 0 Å². The molecule has 0 radical (unpaired) electrons. The van der Waals surface area contributed by atoms with Crippen molar-refractivity contribution in [3.8, 4) is 22.6 Å². The van der Waals surface area contributed by atoms with Gasteiger partial charge in [0.25, 0.3) is 0 Å². The lowest BCUT2D eigenvalue weighted by Gasteiger charge is -2.08. The Labute approximate surface area is 127 Å². The van der Waals surface area contributed by atoms with Gasteiger partial charge in [-0.15, -0.1) is 0 Å². The van der Waals surface area contributed by atoms with Crippen LogP contribution < -0.4 is 5.32 Å². The summed E-state index contributed by atoms with van der Waals surface area (Å²) in [7, 11) is 0. The fourth-order valence-corrected chi connectivity index (χ4v) is 2.33. The fourth-order valence-electron chi connectivity index (χ4n) is 2.33. The molecule has 0 unspecified atom stereocenters. The van der Waals surface area contributed by atoms with Gasteiger partial charge < -0.3 is 9.88 Å². The standard InChI is InChI=1S/C15H16N6O/c1-3-21-8-12(15-17-9-18-20-15)6-13(21)11-4-5-16-14(7-11)19-10(2)22/h4-9H,3H2,1-2H3,(H,16,19,22)(H,17,18,20). The minimum Gasteiger partial charge on any atom is -0.347 e. The number of aryl methyl sites for hydroxylation is 1. The fraction of sp³-hybridized carbons (Fsp3) is 0.200. The van der Waals surface area contributed by atoms with Gasteiger partial charge >= 0.3 is 0 Å². The lowest BCUT2D eigenvalue weighted by Crippen LogP contribution is -2.07. The van der Waals surface area contributed by atoms with E-state index >= 15 is 0 Å². The Morgan fingerprint density at radius 2 is 2.18 bits per heavy atom. The van der Waals surface area contributed by atoms with Gasteiger partial charge in [0, 0.05) is 42.7 Å². The van der Waals surface area contributed by atoms with Gasteiger partial charge in [-0.3, -0.25) is 9.89 Å². The summed E-state index contributed by atoms with van der Waals surface area (Å²) < 4.78 is 2.12. The monoisotopic (exact) mass is 296 g/mol. The van der Waals surface area contributed by atoms with Crippen LogP contribution in [0.1, 0.15) is 13.8 Å². The lowest BCUT2D eigenvalue weighted by atomic mass is 10.1. The van der Waals surface area contributed by atoms with Crippen molar-refractivity contribution >= 4 is 11.7 Å². The Hall–Kier alpha value is -2.96. The van der Waals surface area contributed by atoms with Crippen LogP contribution in [0.3, 0.4) is 0 Å². The second-order valence-electron chi connectivity index (χ2n) is 4.85. The van der Waals surface area contributed by atoms with Crippen molar-refractivity contribution in [1.82, 2.24) is 24.7 Å². The first kappa shape index (κ1) is 14.0. The van der Waals surface area contributed by atoms with E-state index in [1.54, 1.807) is 6.20 Å². The molecule has 112 valence electrons. The molecule has 0 aliphatic rings. The number of aromatic amines is 1. The van der Waals surface area contributed by atoms with E-state index in [9.17, 15) is 4.79 Å². The molecule has 7 heteroatoms. The maximum Gasteiger partial charge on any atom is 0.222 e. The normalized spacial score (nSPS) is 10.6. The van der Waals surface area contributed by atoms with Crippen LogP contribution in [0.5, 0.6) is 0 Å². The second-order valence-corrected chi connectivity index (χ2v) is 4.85. The molecule has 0 saturated heterocycles. The predicted octanol–water partition coefficient (Wildman–Crippen LogP) is 2.31. The third-order valence-electron chi connectivity index (χ3n) is 3.29. The molecule has 0 aliphatic carbocycles. The number of hydrogen-bond acceptors (Lipinski definition) is 4. The highest BCUT2D eigenvalue weighted by Gasteiger charge is 2.11. The van der Waals surface area contributed by atoms with Crippen LogP contribution in [-0.4, -0.2) is 30.6 Å².